The molecule has 3 rings (SSSR count). The van der Waals surface area contributed by atoms with Crippen molar-refractivity contribution in [3.8, 4) is 0 Å². The fourth-order valence-corrected chi connectivity index (χ4v) is 3.36. The lowest BCUT2D eigenvalue weighted by atomic mass is 10.1. The number of nitrogens with one attached hydrogen (secondary N) is 1. The third-order valence-corrected chi connectivity index (χ3v) is 5.22. The molecule has 0 radical (unpaired) electrons. The molecule has 0 unspecified atom stereocenters. The Balaban J connectivity index is 1.38. The van der Waals surface area contributed by atoms with Gasteiger partial charge < -0.3 is 10.2 Å². The minimum Gasteiger partial charge on any atom is -0.351 e. The zero-order valence-electron chi connectivity index (χ0n) is 15.2. The lowest BCUT2D eigenvalue weighted by Gasteiger charge is -2.34. The van der Waals surface area contributed by atoms with Gasteiger partial charge in [-0.05, 0) is 23.3 Å². The average Bonchev–Trinajstić information content (AvgIpc) is 2.69. The van der Waals surface area contributed by atoms with Crippen LogP contribution in [0.1, 0.15) is 11.1 Å². The average molecular weight is 430 g/mol. The number of piperazine rings is 1. The van der Waals surface area contributed by atoms with E-state index in [4.69, 9.17) is 0 Å². The zero-order chi connectivity index (χ0) is 19.1. The van der Waals surface area contributed by atoms with Gasteiger partial charge in [-0.2, -0.15) is 0 Å². The standard InChI is InChI=1S/C21H24BrN3O2/c22-19-8-6-17(7-9-19)14-21(27)25-12-10-24(11-13-25)16-20(26)23-15-18-4-2-1-3-5-18/h1-9H,10-16H2,(H,23,26). The fraction of sp³-hybridized carbons (Fsp3) is 0.333. The highest BCUT2D eigenvalue weighted by molar-refractivity contribution is 9.10. The van der Waals surface area contributed by atoms with Crippen LogP contribution in [-0.4, -0.2) is 54.3 Å². The number of rotatable bonds is 6. The van der Waals surface area contributed by atoms with Crippen molar-refractivity contribution in [3.05, 3.63) is 70.2 Å². The number of carbonyl (C=O) groups excluding carboxylic acids is 2. The van der Waals surface area contributed by atoms with Crippen molar-refractivity contribution < 1.29 is 9.59 Å². The number of hydrogen-bond donors (Lipinski definition) is 1. The van der Waals surface area contributed by atoms with Crippen LogP contribution in [0.15, 0.2) is 59.1 Å². The van der Waals surface area contributed by atoms with Crippen LogP contribution in [0.2, 0.25) is 0 Å². The predicted octanol–water partition coefficient (Wildman–Crippen LogP) is 2.45. The van der Waals surface area contributed by atoms with E-state index in [9.17, 15) is 9.59 Å². The molecule has 2 amide bonds. The number of hydrogen-bond acceptors (Lipinski definition) is 3. The highest BCUT2D eigenvalue weighted by atomic mass is 79.9. The summed E-state index contributed by atoms with van der Waals surface area (Å²) in [4.78, 5) is 28.6. The van der Waals surface area contributed by atoms with Crippen molar-refractivity contribution in [1.82, 2.24) is 15.1 Å². The predicted molar refractivity (Wildman–Crippen MR) is 109 cm³/mol. The Morgan fingerprint density at radius 1 is 0.889 bits per heavy atom. The van der Waals surface area contributed by atoms with Gasteiger partial charge >= 0.3 is 0 Å². The van der Waals surface area contributed by atoms with Gasteiger partial charge in [-0.1, -0.05) is 58.4 Å². The van der Waals surface area contributed by atoms with E-state index in [-0.39, 0.29) is 11.8 Å². The van der Waals surface area contributed by atoms with E-state index in [1.807, 2.05) is 59.5 Å². The minimum absolute atomic E-state index is 0.0218. The van der Waals surface area contributed by atoms with Crippen molar-refractivity contribution in [1.29, 1.82) is 0 Å². The van der Waals surface area contributed by atoms with E-state index < -0.39 is 0 Å². The van der Waals surface area contributed by atoms with Gasteiger partial charge in [-0.3, -0.25) is 14.5 Å². The van der Waals surface area contributed by atoms with Crippen molar-refractivity contribution >= 4 is 27.7 Å². The van der Waals surface area contributed by atoms with Gasteiger partial charge in [-0.15, -0.1) is 0 Å². The number of carbonyl (C=O) groups is 2. The third-order valence-electron chi connectivity index (χ3n) is 4.69. The highest BCUT2D eigenvalue weighted by Crippen LogP contribution is 2.12. The number of benzene rings is 2. The van der Waals surface area contributed by atoms with Gasteiger partial charge in [0.05, 0.1) is 13.0 Å². The Morgan fingerprint density at radius 2 is 1.56 bits per heavy atom. The van der Waals surface area contributed by atoms with Crippen LogP contribution in [0.3, 0.4) is 0 Å². The molecule has 6 heteroatoms. The maximum absolute atomic E-state index is 12.5. The van der Waals surface area contributed by atoms with Crippen LogP contribution in [0.4, 0.5) is 0 Å². The molecule has 0 aliphatic carbocycles. The van der Waals surface area contributed by atoms with Gasteiger partial charge in [0, 0.05) is 37.2 Å². The van der Waals surface area contributed by atoms with Crippen LogP contribution in [0.25, 0.3) is 0 Å². The van der Waals surface area contributed by atoms with Gasteiger partial charge in [-0.25, -0.2) is 0 Å². The van der Waals surface area contributed by atoms with Crippen molar-refractivity contribution in [3.63, 3.8) is 0 Å². The summed E-state index contributed by atoms with van der Waals surface area (Å²) in [6.45, 7) is 3.71. The zero-order valence-corrected chi connectivity index (χ0v) is 16.8. The monoisotopic (exact) mass is 429 g/mol. The second-order valence-electron chi connectivity index (χ2n) is 6.72. The molecule has 1 aliphatic rings. The molecular weight excluding hydrogens is 406 g/mol. The number of amides is 2. The summed E-state index contributed by atoms with van der Waals surface area (Å²) >= 11 is 3.41. The molecule has 0 saturated carbocycles. The molecule has 142 valence electrons. The molecule has 5 nitrogen and oxygen atoms in total. The maximum atomic E-state index is 12.5. The Bertz CT molecular complexity index is 757. The molecule has 0 bridgehead atoms. The van der Waals surface area contributed by atoms with E-state index in [1.54, 1.807) is 0 Å². The number of halogens is 1. The van der Waals surface area contributed by atoms with Crippen LogP contribution < -0.4 is 5.32 Å². The molecule has 27 heavy (non-hydrogen) atoms. The van der Waals surface area contributed by atoms with Crippen molar-refractivity contribution in [2.75, 3.05) is 32.7 Å². The first kappa shape index (κ1) is 19.6. The molecule has 0 atom stereocenters. The molecule has 2 aromatic rings. The van der Waals surface area contributed by atoms with E-state index in [1.165, 1.54) is 0 Å². The van der Waals surface area contributed by atoms with E-state index >= 15 is 0 Å². The molecule has 1 fully saturated rings. The lowest BCUT2D eigenvalue weighted by molar-refractivity contribution is -0.132. The van der Waals surface area contributed by atoms with Crippen molar-refractivity contribution in [2.24, 2.45) is 0 Å². The van der Waals surface area contributed by atoms with E-state index in [0.717, 1.165) is 28.7 Å². The number of nitrogens with zero attached hydrogens (tertiary/aromatic N) is 2. The van der Waals surface area contributed by atoms with Crippen LogP contribution >= 0.6 is 15.9 Å². The second kappa shape index (κ2) is 9.67. The summed E-state index contributed by atoms with van der Waals surface area (Å²) in [5.41, 5.74) is 2.11. The highest BCUT2D eigenvalue weighted by Gasteiger charge is 2.22. The Morgan fingerprint density at radius 3 is 2.22 bits per heavy atom. The Hall–Kier alpha value is -2.18. The first-order chi connectivity index (χ1) is 13.1. The topological polar surface area (TPSA) is 52.7 Å². The molecule has 0 spiro atoms. The van der Waals surface area contributed by atoms with Crippen LogP contribution in [0, 0.1) is 0 Å². The van der Waals surface area contributed by atoms with Gasteiger partial charge in [0.2, 0.25) is 11.8 Å². The normalized spacial score (nSPS) is 14.8. The molecule has 1 saturated heterocycles. The molecule has 2 aromatic carbocycles. The quantitative estimate of drug-likeness (QED) is 0.766. The van der Waals surface area contributed by atoms with Gasteiger partial charge in [0.25, 0.3) is 0 Å². The van der Waals surface area contributed by atoms with Crippen LogP contribution in [-0.2, 0) is 22.6 Å². The summed E-state index contributed by atoms with van der Waals surface area (Å²) in [7, 11) is 0. The Labute approximate surface area is 168 Å². The van der Waals surface area contributed by atoms with E-state index in [2.05, 4.69) is 26.1 Å². The summed E-state index contributed by atoms with van der Waals surface area (Å²) in [6.07, 6.45) is 0.421. The fourth-order valence-electron chi connectivity index (χ4n) is 3.10. The molecule has 1 N–H and O–H groups in total. The summed E-state index contributed by atoms with van der Waals surface area (Å²) < 4.78 is 1.01. The first-order valence-electron chi connectivity index (χ1n) is 9.15. The SMILES string of the molecule is O=C(CN1CCN(C(=O)Cc2ccc(Br)cc2)CC1)NCc1ccccc1. The molecule has 1 aliphatic heterocycles. The van der Waals surface area contributed by atoms with Crippen LogP contribution in [0.5, 0.6) is 0 Å². The van der Waals surface area contributed by atoms with Crippen molar-refractivity contribution in [2.45, 2.75) is 13.0 Å². The molecular formula is C21H24BrN3O2. The van der Waals surface area contributed by atoms with Gasteiger partial charge in [0.1, 0.15) is 0 Å². The lowest BCUT2D eigenvalue weighted by Crippen LogP contribution is -2.51. The summed E-state index contributed by atoms with van der Waals surface area (Å²) in [5.74, 6) is 0.166. The molecule has 0 aromatic heterocycles. The van der Waals surface area contributed by atoms with E-state index in [0.29, 0.717) is 32.6 Å². The largest absolute Gasteiger partial charge is 0.351 e. The minimum atomic E-state index is 0.0218. The maximum Gasteiger partial charge on any atom is 0.234 e. The first-order valence-corrected chi connectivity index (χ1v) is 9.94. The Kier molecular flexibility index (Phi) is 7.01. The third kappa shape index (κ3) is 6.19. The summed E-state index contributed by atoms with van der Waals surface area (Å²) in [6, 6.07) is 17.7. The molecule has 1 heterocycles. The van der Waals surface area contributed by atoms with Gasteiger partial charge in [0.15, 0.2) is 0 Å². The smallest absolute Gasteiger partial charge is 0.234 e. The summed E-state index contributed by atoms with van der Waals surface area (Å²) in [5, 5.41) is 2.95. The second-order valence-corrected chi connectivity index (χ2v) is 7.64.